The number of pyridine rings is 2. The summed E-state index contributed by atoms with van der Waals surface area (Å²) in [5, 5.41) is 0. The number of rotatable bonds is 4. The van der Waals surface area contributed by atoms with Crippen LogP contribution in [0.15, 0.2) is 49.1 Å². The largest absolute Gasteiger partial charge is 0.488 e. The van der Waals surface area contributed by atoms with Crippen LogP contribution in [-0.4, -0.2) is 40.0 Å². The molecule has 0 bridgehead atoms. The van der Waals surface area contributed by atoms with Gasteiger partial charge in [0.2, 0.25) is 5.91 Å². The van der Waals surface area contributed by atoms with E-state index in [9.17, 15) is 4.79 Å². The Balaban J connectivity index is 1.57. The van der Waals surface area contributed by atoms with Gasteiger partial charge in [-0.2, -0.15) is 0 Å². The zero-order valence-electron chi connectivity index (χ0n) is 12.4. The highest BCUT2D eigenvalue weighted by Crippen LogP contribution is 2.18. The highest BCUT2D eigenvalue weighted by Gasteiger charge is 2.24. The first kappa shape index (κ1) is 14.5. The van der Waals surface area contributed by atoms with Gasteiger partial charge in [-0.15, -0.1) is 0 Å². The third kappa shape index (κ3) is 3.81. The SMILES string of the molecule is O=C(Cc1cccnc1)N1CCC[C@@H](Oc2ccncc2)C1. The maximum absolute atomic E-state index is 12.4. The molecule has 3 rings (SSSR count). The van der Waals surface area contributed by atoms with Crippen LogP contribution in [-0.2, 0) is 11.2 Å². The van der Waals surface area contributed by atoms with Crippen LogP contribution in [0.4, 0.5) is 0 Å². The molecule has 0 spiro atoms. The Kier molecular flexibility index (Phi) is 4.63. The lowest BCUT2D eigenvalue weighted by molar-refractivity contribution is -0.133. The lowest BCUT2D eigenvalue weighted by Crippen LogP contribution is -2.45. The highest BCUT2D eigenvalue weighted by molar-refractivity contribution is 5.78. The van der Waals surface area contributed by atoms with Crippen molar-refractivity contribution in [3.63, 3.8) is 0 Å². The van der Waals surface area contributed by atoms with E-state index in [2.05, 4.69) is 9.97 Å². The predicted molar refractivity (Wildman–Crippen MR) is 82.4 cm³/mol. The standard InChI is InChI=1S/C17H19N3O2/c21-17(11-14-3-1-7-19-12-14)20-10-2-4-16(13-20)22-15-5-8-18-9-6-15/h1,3,5-9,12,16H,2,4,10-11,13H2/t16-/m1/s1. The zero-order chi connectivity index (χ0) is 15.2. The minimum Gasteiger partial charge on any atom is -0.488 e. The van der Waals surface area contributed by atoms with Gasteiger partial charge in [0.05, 0.1) is 13.0 Å². The lowest BCUT2D eigenvalue weighted by Gasteiger charge is -2.33. The summed E-state index contributed by atoms with van der Waals surface area (Å²) in [4.78, 5) is 22.3. The summed E-state index contributed by atoms with van der Waals surface area (Å²) in [5.41, 5.74) is 0.949. The van der Waals surface area contributed by atoms with Crippen LogP contribution < -0.4 is 4.74 Å². The summed E-state index contributed by atoms with van der Waals surface area (Å²) < 4.78 is 5.94. The van der Waals surface area contributed by atoms with Crippen LogP contribution in [0.1, 0.15) is 18.4 Å². The molecule has 0 aliphatic carbocycles. The summed E-state index contributed by atoms with van der Waals surface area (Å²) in [6.07, 6.45) is 9.27. The molecule has 0 unspecified atom stereocenters. The number of hydrogen-bond acceptors (Lipinski definition) is 4. The topological polar surface area (TPSA) is 55.3 Å². The quantitative estimate of drug-likeness (QED) is 0.867. The minimum atomic E-state index is 0.0500. The number of hydrogen-bond donors (Lipinski definition) is 0. The van der Waals surface area contributed by atoms with Gasteiger partial charge in [0.1, 0.15) is 11.9 Å². The van der Waals surface area contributed by atoms with Crippen LogP contribution in [0.2, 0.25) is 0 Å². The van der Waals surface area contributed by atoms with Gasteiger partial charge in [-0.05, 0) is 36.6 Å². The third-order valence-electron chi connectivity index (χ3n) is 3.76. The average Bonchev–Trinajstić information content (AvgIpc) is 2.57. The van der Waals surface area contributed by atoms with Crippen molar-refractivity contribution in [2.45, 2.75) is 25.4 Å². The van der Waals surface area contributed by atoms with Gasteiger partial charge in [0, 0.05) is 31.3 Å². The van der Waals surface area contributed by atoms with Crippen molar-refractivity contribution in [2.24, 2.45) is 0 Å². The maximum Gasteiger partial charge on any atom is 0.227 e. The van der Waals surface area contributed by atoms with Crippen molar-refractivity contribution >= 4 is 5.91 Å². The van der Waals surface area contributed by atoms with E-state index in [0.717, 1.165) is 30.7 Å². The van der Waals surface area contributed by atoms with E-state index in [0.29, 0.717) is 13.0 Å². The smallest absolute Gasteiger partial charge is 0.227 e. The van der Waals surface area contributed by atoms with Gasteiger partial charge in [-0.25, -0.2) is 0 Å². The molecule has 0 N–H and O–H groups in total. The molecule has 0 saturated carbocycles. The monoisotopic (exact) mass is 297 g/mol. The second kappa shape index (κ2) is 7.02. The molecule has 2 aromatic heterocycles. The van der Waals surface area contributed by atoms with E-state index in [1.165, 1.54) is 0 Å². The molecule has 5 nitrogen and oxygen atoms in total. The second-order valence-corrected chi connectivity index (χ2v) is 5.44. The Morgan fingerprint density at radius 3 is 2.86 bits per heavy atom. The number of carbonyl (C=O) groups excluding carboxylic acids is 1. The fourth-order valence-electron chi connectivity index (χ4n) is 2.66. The van der Waals surface area contributed by atoms with Gasteiger partial charge in [0.15, 0.2) is 0 Å². The van der Waals surface area contributed by atoms with Crippen molar-refractivity contribution in [2.75, 3.05) is 13.1 Å². The number of likely N-dealkylation sites (tertiary alicyclic amines) is 1. The Hall–Kier alpha value is -2.43. The van der Waals surface area contributed by atoms with Gasteiger partial charge in [-0.3, -0.25) is 14.8 Å². The van der Waals surface area contributed by atoms with Crippen LogP contribution in [0.5, 0.6) is 5.75 Å². The lowest BCUT2D eigenvalue weighted by atomic mass is 10.1. The van der Waals surface area contributed by atoms with E-state index in [1.54, 1.807) is 24.8 Å². The molecule has 114 valence electrons. The molecule has 1 aliphatic rings. The van der Waals surface area contributed by atoms with Crippen LogP contribution in [0.3, 0.4) is 0 Å². The number of aromatic nitrogens is 2. The molecule has 3 heterocycles. The Bertz CT molecular complexity index is 604. The summed E-state index contributed by atoms with van der Waals surface area (Å²) >= 11 is 0. The first-order valence-corrected chi connectivity index (χ1v) is 7.54. The molecular formula is C17H19N3O2. The number of ether oxygens (including phenoxy) is 1. The molecule has 2 aromatic rings. The summed E-state index contributed by atoms with van der Waals surface area (Å²) in [7, 11) is 0. The second-order valence-electron chi connectivity index (χ2n) is 5.44. The van der Waals surface area contributed by atoms with Gasteiger partial charge < -0.3 is 9.64 Å². The molecule has 1 aliphatic heterocycles. The molecule has 1 atom stereocenters. The molecule has 22 heavy (non-hydrogen) atoms. The molecule has 0 radical (unpaired) electrons. The van der Waals surface area contributed by atoms with Crippen molar-refractivity contribution in [3.05, 3.63) is 54.6 Å². The summed E-state index contributed by atoms with van der Waals surface area (Å²) in [5.74, 6) is 0.942. The van der Waals surface area contributed by atoms with Crippen LogP contribution in [0.25, 0.3) is 0 Å². The van der Waals surface area contributed by atoms with Crippen molar-refractivity contribution < 1.29 is 9.53 Å². The van der Waals surface area contributed by atoms with E-state index in [-0.39, 0.29) is 12.0 Å². The van der Waals surface area contributed by atoms with Gasteiger partial charge >= 0.3 is 0 Å². The number of piperidine rings is 1. The van der Waals surface area contributed by atoms with Gasteiger partial charge in [-0.1, -0.05) is 6.07 Å². The normalized spacial score (nSPS) is 18.0. The minimum absolute atomic E-state index is 0.0500. The summed E-state index contributed by atoms with van der Waals surface area (Å²) in [6.45, 7) is 1.44. The average molecular weight is 297 g/mol. The summed E-state index contributed by atoms with van der Waals surface area (Å²) in [6, 6.07) is 7.47. The van der Waals surface area contributed by atoms with E-state index < -0.39 is 0 Å². The fourth-order valence-corrected chi connectivity index (χ4v) is 2.66. The van der Waals surface area contributed by atoms with Crippen molar-refractivity contribution in [1.82, 2.24) is 14.9 Å². The van der Waals surface area contributed by atoms with E-state index in [1.807, 2.05) is 29.2 Å². The van der Waals surface area contributed by atoms with Crippen molar-refractivity contribution in [1.29, 1.82) is 0 Å². The fraction of sp³-hybridized carbons (Fsp3) is 0.353. The van der Waals surface area contributed by atoms with E-state index in [4.69, 9.17) is 4.74 Å². The Morgan fingerprint density at radius 2 is 2.09 bits per heavy atom. The first-order chi connectivity index (χ1) is 10.8. The maximum atomic E-state index is 12.4. The van der Waals surface area contributed by atoms with Gasteiger partial charge in [0.25, 0.3) is 0 Å². The third-order valence-corrected chi connectivity index (χ3v) is 3.76. The molecular weight excluding hydrogens is 278 g/mol. The molecule has 1 fully saturated rings. The molecule has 1 amide bonds. The van der Waals surface area contributed by atoms with Crippen LogP contribution in [0, 0.1) is 0 Å². The molecule has 0 aromatic carbocycles. The number of nitrogens with zero attached hydrogens (tertiary/aromatic N) is 3. The zero-order valence-corrected chi connectivity index (χ0v) is 12.4. The van der Waals surface area contributed by atoms with Crippen molar-refractivity contribution in [3.8, 4) is 5.75 Å². The molecule has 1 saturated heterocycles. The Morgan fingerprint density at radius 1 is 1.23 bits per heavy atom. The number of amides is 1. The van der Waals surface area contributed by atoms with Crippen LogP contribution >= 0.6 is 0 Å². The predicted octanol–water partition coefficient (Wildman–Crippen LogP) is 2.09. The first-order valence-electron chi connectivity index (χ1n) is 7.54. The molecule has 5 heteroatoms. The number of carbonyl (C=O) groups is 1. The Labute approximate surface area is 130 Å². The van der Waals surface area contributed by atoms with E-state index >= 15 is 0 Å². The highest BCUT2D eigenvalue weighted by atomic mass is 16.5.